The van der Waals surface area contributed by atoms with Crippen molar-refractivity contribution in [2.75, 3.05) is 5.32 Å². The van der Waals surface area contributed by atoms with E-state index in [2.05, 4.69) is 16.4 Å². The van der Waals surface area contributed by atoms with Crippen LogP contribution in [0.1, 0.15) is 22.4 Å². The highest BCUT2D eigenvalue weighted by Gasteiger charge is 2.31. The molecule has 0 saturated carbocycles. The van der Waals surface area contributed by atoms with Crippen LogP contribution in [0.5, 0.6) is 0 Å². The number of halogens is 3. The molecule has 0 atom stereocenters. The summed E-state index contributed by atoms with van der Waals surface area (Å²) in [6.07, 6.45) is -3.20. The number of aromatic nitrogens is 1. The third-order valence-corrected chi connectivity index (χ3v) is 2.83. The van der Waals surface area contributed by atoms with Gasteiger partial charge >= 0.3 is 6.18 Å². The molecular weight excluding hydrogens is 265 g/mol. The van der Waals surface area contributed by atoms with E-state index in [9.17, 15) is 13.2 Å². The Kier molecular flexibility index (Phi) is 3.97. The van der Waals surface area contributed by atoms with Crippen molar-refractivity contribution in [3.8, 4) is 0 Å². The van der Waals surface area contributed by atoms with Gasteiger partial charge in [0.1, 0.15) is 5.69 Å². The van der Waals surface area contributed by atoms with Crippen molar-refractivity contribution in [1.29, 1.82) is 0 Å². The average molecular weight is 280 g/mol. The quantitative estimate of drug-likeness (QED) is 0.905. The van der Waals surface area contributed by atoms with E-state index in [0.717, 1.165) is 22.8 Å². The predicted molar refractivity (Wildman–Crippen MR) is 72.5 cm³/mol. The number of benzene rings is 1. The molecule has 2 nitrogen and oxygen atoms in total. The maximum absolute atomic E-state index is 12.4. The molecule has 0 amide bonds. The number of nitrogens with one attached hydrogen (secondary N) is 1. The van der Waals surface area contributed by atoms with Crippen LogP contribution in [0.3, 0.4) is 0 Å². The molecule has 0 spiro atoms. The highest BCUT2D eigenvalue weighted by molar-refractivity contribution is 5.42. The Morgan fingerprint density at radius 1 is 1.05 bits per heavy atom. The lowest BCUT2D eigenvalue weighted by Gasteiger charge is -2.10. The van der Waals surface area contributed by atoms with Crippen LogP contribution in [0.15, 0.2) is 36.5 Å². The molecular formula is C15H15F3N2. The summed E-state index contributed by atoms with van der Waals surface area (Å²) in [4.78, 5) is 3.41. The van der Waals surface area contributed by atoms with Gasteiger partial charge in [0, 0.05) is 6.54 Å². The number of rotatable bonds is 3. The van der Waals surface area contributed by atoms with Crippen molar-refractivity contribution in [2.45, 2.75) is 26.6 Å². The number of anilines is 1. The third-order valence-electron chi connectivity index (χ3n) is 2.83. The molecule has 0 saturated heterocycles. The second kappa shape index (κ2) is 5.53. The fourth-order valence-corrected chi connectivity index (χ4v) is 2.04. The summed E-state index contributed by atoms with van der Waals surface area (Å²) in [5.41, 5.74) is 3.09. The first-order chi connectivity index (χ1) is 9.34. The van der Waals surface area contributed by atoms with Crippen molar-refractivity contribution >= 4 is 5.69 Å². The standard InChI is InChI=1S/C15H15F3N2/c1-10-5-11(2)7-12(6-10)8-19-13-3-4-14(20-9-13)15(16,17)18/h3-7,9,19H,8H2,1-2H3. The van der Waals surface area contributed by atoms with Gasteiger partial charge in [-0.15, -0.1) is 0 Å². The monoisotopic (exact) mass is 280 g/mol. The van der Waals surface area contributed by atoms with E-state index < -0.39 is 11.9 Å². The summed E-state index contributed by atoms with van der Waals surface area (Å²) in [6, 6.07) is 8.51. The van der Waals surface area contributed by atoms with E-state index in [4.69, 9.17) is 0 Å². The van der Waals surface area contributed by atoms with Crippen LogP contribution >= 0.6 is 0 Å². The van der Waals surface area contributed by atoms with Crippen LogP contribution in [0.25, 0.3) is 0 Å². The second-order valence-electron chi connectivity index (χ2n) is 4.78. The highest BCUT2D eigenvalue weighted by Crippen LogP contribution is 2.27. The average Bonchev–Trinajstić information content (AvgIpc) is 2.35. The van der Waals surface area contributed by atoms with Gasteiger partial charge in [0.25, 0.3) is 0 Å². The van der Waals surface area contributed by atoms with Crippen molar-refractivity contribution in [2.24, 2.45) is 0 Å². The molecule has 5 heteroatoms. The molecule has 0 unspecified atom stereocenters. The maximum atomic E-state index is 12.4. The minimum atomic E-state index is -4.40. The van der Waals surface area contributed by atoms with E-state index in [1.165, 1.54) is 12.3 Å². The van der Waals surface area contributed by atoms with Crippen LogP contribution in [-0.2, 0) is 12.7 Å². The fraction of sp³-hybridized carbons (Fsp3) is 0.267. The second-order valence-corrected chi connectivity index (χ2v) is 4.78. The Labute approximate surface area is 115 Å². The molecule has 20 heavy (non-hydrogen) atoms. The molecule has 106 valence electrons. The van der Waals surface area contributed by atoms with E-state index in [1.54, 1.807) is 0 Å². The molecule has 2 rings (SSSR count). The maximum Gasteiger partial charge on any atom is 0.433 e. The van der Waals surface area contributed by atoms with Gasteiger partial charge in [-0.05, 0) is 31.5 Å². The van der Waals surface area contributed by atoms with E-state index in [0.29, 0.717) is 12.2 Å². The number of hydrogen-bond donors (Lipinski definition) is 1. The molecule has 0 fully saturated rings. The molecule has 0 aliphatic rings. The minimum absolute atomic E-state index is 0.551. The molecule has 0 radical (unpaired) electrons. The van der Waals surface area contributed by atoms with Crippen molar-refractivity contribution in [3.05, 3.63) is 58.9 Å². The van der Waals surface area contributed by atoms with Gasteiger partial charge in [-0.3, -0.25) is 0 Å². The third kappa shape index (κ3) is 3.73. The molecule has 0 aliphatic carbocycles. The van der Waals surface area contributed by atoms with Crippen LogP contribution in [0.2, 0.25) is 0 Å². The summed E-state index contributed by atoms with van der Waals surface area (Å²) in [6.45, 7) is 4.57. The Morgan fingerprint density at radius 2 is 1.70 bits per heavy atom. The lowest BCUT2D eigenvalue weighted by atomic mass is 10.1. The molecule has 1 aromatic heterocycles. The first-order valence-corrected chi connectivity index (χ1v) is 6.19. The number of alkyl halides is 3. The summed E-state index contributed by atoms with van der Waals surface area (Å²) in [5, 5.41) is 3.06. The number of nitrogens with zero attached hydrogens (tertiary/aromatic N) is 1. The lowest BCUT2D eigenvalue weighted by Crippen LogP contribution is -2.08. The number of pyridine rings is 1. The smallest absolute Gasteiger partial charge is 0.380 e. The van der Waals surface area contributed by atoms with Crippen LogP contribution < -0.4 is 5.32 Å². The lowest BCUT2D eigenvalue weighted by molar-refractivity contribution is -0.141. The zero-order valence-corrected chi connectivity index (χ0v) is 11.3. The summed E-state index contributed by atoms with van der Waals surface area (Å²) in [7, 11) is 0. The molecule has 0 aliphatic heterocycles. The highest BCUT2D eigenvalue weighted by atomic mass is 19.4. The van der Waals surface area contributed by atoms with Crippen molar-refractivity contribution < 1.29 is 13.2 Å². The molecule has 1 aromatic carbocycles. The Balaban J connectivity index is 2.04. The van der Waals surface area contributed by atoms with Gasteiger partial charge in [0.2, 0.25) is 0 Å². The van der Waals surface area contributed by atoms with Gasteiger partial charge < -0.3 is 5.32 Å². The van der Waals surface area contributed by atoms with Gasteiger partial charge in [0.05, 0.1) is 11.9 Å². The SMILES string of the molecule is Cc1cc(C)cc(CNc2ccc(C(F)(F)F)nc2)c1. The molecule has 1 N–H and O–H groups in total. The van der Waals surface area contributed by atoms with Gasteiger partial charge in [0.15, 0.2) is 0 Å². The Bertz CT molecular complexity index is 569. The van der Waals surface area contributed by atoms with Crippen LogP contribution in [-0.4, -0.2) is 4.98 Å². The first-order valence-electron chi connectivity index (χ1n) is 6.19. The first kappa shape index (κ1) is 14.4. The normalized spacial score (nSPS) is 11.4. The van der Waals surface area contributed by atoms with Crippen molar-refractivity contribution in [1.82, 2.24) is 4.98 Å². The number of aryl methyl sites for hydroxylation is 2. The predicted octanol–water partition coefficient (Wildman–Crippen LogP) is 4.33. The zero-order valence-electron chi connectivity index (χ0n) is 11.3. The fourth-order valence-electron chi connectivity index (χ4n) is 2.04. The van der Waals surface area contributed by atoms with E-state index in [1.807, 2.05) is 26.0 Å². The van der Waals surface area contributed by atoms with Gasteiger partial charge in [-0.1, -0.05) is 29.3 Å². The zero-order chi connectivity index (χ0) is 14.8. The Hall–Kier alpha value is -2.04. The summed E-state index contributed by atoms with van der Waals surface area (Å²) in [5.74, 6) is 0. The Morgan fingerprint density at radius 3 is 2.20 bits per heavy atom. The number of hydrogen-bond acceptors (Lipinski definition) is 2. The topological polar surface area (TPSA) is 24.9 Å². The van der Waals surface area contributed by atoms with Crippen LogP contribution in [0.4, 0.5) is 18.9 Å². The van der Waals surface area contributed by atoms with E-state index in [-0.39, 0.29) is 0 Å². The van der Waals surface area contributed by atoms with Crippen molar-refractivity contribution in [3.63, 3.8) is 0 Å². The molecule has 0 bridgehead atoms. The van der Waals surface area contributed by atoms with Gasteiger partial charge in [-0.25, -0.2) is 4.98 Å². The molecule has 2 aromatic rings. The largest absolute Gasteiger partial charge is 0.433 e. The van der Waals surface area contributed by atoms with Crippen LogP contribution in [0, 0.1) is 13.8 Å². The van der Waals surface area contributed by atoms with Gasteiger partial charge in [-0.2, -0.15) is 13.2 Å². The minimum Gasteiger partial charge on any atom is -0.380 e. The summed E-state index contributed by atoms with van der Waals surface area (Å²) >= 11 is 0. The molecule has 1 heterocycles. The summed E-state index contributed by atoms with van der Waals surface area (Å²) < 4.78 is 37.1. The van der Waals surface area contributed by atoms with E-state index >= 15 is 0 Å².